The molecule has 0 bridgehead atoms. The van der Waals surface area contributed by atoms with Crippen molar-refractivity contribution in [3.63, 3.8) is 0 Å². The van der Waals surface area contributed by atoms with Gasteiger partial charge in [0, 0.05) is 24.3 Å². The van der Waals surface area contributed by atoms with Crippen molar-refractivity contribution in [2.24, 2.45) is 0 Å². The van der Waals surface area contributed by atoms with Crippen LogP contribution >= 0.6 is 0 Å². The van der Waals surface area contributed by atoms with Crippen molar-refractivity contribution in [3.8, 4) is 0 Å². The molecule has 0 aliphatic rings. The highest BCUT2D eigenvalue weighted by atomic mass is 16.5. The number of esters is 3. The Bertz CT molecular complexity index is 398. The molecule has 1 N–H and O–H groups in total. The standard InChI is InChI=1S/C7H12O3.2C5H8O2/c1-2-7(9)10-6-4-3-5-8;1-4(2)5(6)7-3;1-3-5(6)7-4-2/h2,8H,1,3-6H2;1H2,2-3H3;3H,1,4H2,2H3. The lowest BCUT2D eigenvalue weighted by atomic mass is 10.3. The molecular weight excluding hydrogens is 316 g/mol. The minimum absolute atomic E-state index is 0.144. The highest BCUT2D eigenvalue weighted by molar-refractivity contribution is 5.86. The van der Waals surface area contributed by atoms with Gasteiger partial charge in [-0.3, -0.25) is 0 Å². The maximum Gasteiger partial charge on any atom is 0.332 e. The molecule has 0 heterocycles. The number of hydrogen-bond acceptors (Lipinski definition) is 7. The SMILES string of the molecule is C=C(C)C(=O)OC.C=CC(=O)OCC.C=CC(=O)OCCCCO. The molecule has 0 saturated heterocycles. The third-order valence-corrected chi connectivity index (χ3v) is 1.95. The summed E-state index contributed by atoms with van der Waals surface area (Å²) in [5.41, 5.74) is 0.433. The number of methoxy groups -OCH3 is 1. The zero-order valence-electron chi connectivity index (χ0n) is 14.7. The molecule has 24 heavy (non-hydrogen) atoms. The molecule has 0 aliphatic heterocycles. The maximum atomic E-state index is 10.4. The van der Waals surface area contributed by atoms with Crippen molar-refractivity contribution in [1.29, 1.82) is 0 Å². The Hall–Kier alpha value is -2.41. The number of hydrogen-bond donors (Lipinski definition) is 1. The molecule has 0 fully saturated rings. The van der Waals surface area contributed by atoms with E-state index in [1.165, 1.54) is 7.11 Å². The third kappa shape index (κ3) is 24.6. The first-order chi connectivity index (χ1) is 11.3. The Morgan fingerprint density at radius 3 is 1.79 bits per heavy atom. The maximum absolute atomic E-state index is 10.4. The summed E-state index contributed by atoms with van der Waals surface area (Å²) in [6.45, 7) is 14.1. The summed E-state index contributed by atoms with van der Waals surface area (Å²) in [5, 5.41) is 8.33. The van der Waals surface area contributed by atoms with Gasteiger partial charge in [-0.1, -0.05) is 19.7 Å². The number of ether oxygens (including phenoxy) is 3. The van der Waals surface area contributed by atoms with Crippen LogP contribution in [0.25, 0.3) is 0 Å². The van der Waals surface area contributed by atoms with Crippen molar-refractivity contribution in [1.82, 2.24) is 0 Å². The van der Waals surface area contributed by atoms with Gasteiger partial charge in [-0.25, -0.2) is 14.4 Å². The molecule has 0 rings (SSSR count). The van der Waals surface area contributed by atoms with Gasteiger partial charge in [0.2, 0.25) is 0 Å². The quantitative estimate of drug-likeness (QED) is 0.311. The van der Waals surface area contributed by atoms with Gasteiger partial charge in [0.1, 0.15) is 0 Å². The molecule has 138 valence electrons. The molecule has 7 heteroatoms. The van der Waals surface area contributed by atoms with Crippen LogP contribution in [0.3, 0.4) is 0 Å². The summed E-state index contributed by atoms with van der Waals surface area (Å²) in [5.74, 6) is -1.11. The minimum Gasteiger partial charge on any atom is -0.466 e. The van der Waals surface area contributed by atoms with E-state index < -0.39 is 5.97 Å². The molecular formula is C17H28O7. The van der Waals surface area contributed by atoms with Gasteiger partial charge >= 0.3 is 17.9 Å². The first-order valence-corrected chi connectivity index (χ1v) is 7.23. The highest BCUT2D eigenvalue weighted by Crippen LogP contribution is 1.89. The van der Waals surface area contributed by atoms with Gasteiger partial charge in [0.25, 0.3) is 0 Å². The Kier molecular flexibility index (Phi) is 22.7. The molecule has 0 aromatic carbocycles. The van der Waals surface area contributed by atoms with Gasteiger partial charge < -0.3 is 19.3 Å². The van der Waals surface area contributed by atoms with Crippen LogP contribution in [0, 0.1) is 0 Å². The van der Waals surface area contributed by atoms with Gasteiger partial charge in [-0.05, 0) is 26.7 Å². The molecule has 0 aliphatic carbocycles. The number of aliphatic hydroxyl groups excluding tert-OH is 1. The normalized spacial score (nSPS) is 8.17. The zero-order chi connectivity index (χ0) is 19.4. The third-order valence-electron chi connectivity index (χ3n) is 1.95. The average molecular weight is 344 g/mol. The van der Waals surface area contributed by atoms with Crippen molar-refractivity contribution in [3.05, 3.63) is 37.5 Å². The number of rotatable bonds is 8. The lowest BCUT2D eigenvalue weighted by molar-refractivity contribution is -0.138. The van der Waals surface area contributed by atoms with Crippen LogP contribution in [0.2, 0.25) is 0 Å². The summed E-state index contributed by atoms with van der Waals surface area (Å²) in [4.78, 5) is 30.6. The predicted molar refractivity (Wildman–Crippen MR) is 91.1 cm³/mol. The van der Waals surface area contributed by atoms with E-state index in [1.54, 1.807) is 13.8 Å². The average Bonchev–Trinajstić information content (AvgIpc) is 2.58. The van der Waals surface area contributed by atoms with E-state index >= 15 is 0 Å². The summed E-state index contributed by atoms with van der Waals surface area (Å²) < 4.78 is 13.3. The van der Waals surface area contributed by atoms with E-state index in [2.05, 4.69) is 33.9 Å². The smallest absolute Gasteiger partial charge is 0.332 e. The number of unbranched alkanes of at least 4 members (excludes halogenated alkanes) is 1. The van der Waals surface area contributed by atoms with Gasteiger partial charge in [-0.15, -0.1) is 0 Å². The Labute approximate surface area is 143 Å². The Morgan fingerprint density at radius 1 is 1.04 bits per heavy atom. The van der Waals surface area contributed by atoms with E-state index in [-0.39, 0.29) is 18.5 Å². The van der Waals surface area contributed by atoms with Crippen LogP contribution in [0.4, 0.5) is 0 Å². The molecule has 0 aromatic rings. The molecule has 0 amide bonds. The fraction of sp³-hybridized carbons (Fsp3) is 0.471. The van der Waals surface area contributed by atoms with Crippen LogP contribution in [-0.2, 0) is 28.6 Å². The summed E-state index contributed by atoms with van der Waals surface area (Å²) in [6, 6.07) is 0. The van der Waals surface area contributed by atoms with Gasteiger partial charge in [0.05, 0.1) is 20.3 Å². The fourth-order valence-electron chi connectivity index (χ4n) is 0.821. The number of carbonyl (C=O) groups is 3. The number of carbonyl (C=O) groups excluding carboxylic acids is 3. The molecule has 0 saturated carbocycles. The van der Waals surface area contributed by atoms with Crippen LogP contribution in [0.1, 0.15) is 26.7 Å². The van der Waals surface area contributed by atoms with Crippen molar-refractivity contribution >= 4 is 17.9 Å². The van der Waals surface area contributed by atoms with Crippen LogP contribution in [0.15, 0.2) is 37.5 Å². The summed E-state index contributed by atoms with van der Waals surface area (Å²) >= 11 is 0. The van der Waals surface area contributed by atoms with Crippen molar-refractivity contribution in [2.75, 3.05) is 26.9 Å². The number of aliphatic hydroxyl groups is 1. The van der Waals surface area contributed by atoms with E-state index in [4.69, 9.17) is 5.11 Å². The van der Waals surface area contributed by atoms with E-state index in [0.29, 0.717) is 31.6 Å². The molecule has 0 unspecified atom stereocenters. The van der Waals surface area contributed by atoms with Crippen LogP contribution < -0.4 is 0 Å². The second-order valence-corrected chi connectivity index (χ2v) is 4.03. The first-order valence-electron chi connectivity index (χ1n) is 7.23. The van der Waals surface area contributed by atoms with Crippen LogP contribution in [-0.4, -0.2) is 49.9 Å². The first kappa shape index (κ1) is 26.5. The second-order valence-electron chi connectivity index (χ2n) is 4.03. The second kappa shape index (κ2) is 20.6. The summed E-state index contributed by atoms with van der Waals surface area (Å²) in [7, 11) is 1.33. The van der Waals surface area contributed by atoms with Crippen molar-refractivity contribution < 1.29 is 33.7 Å². The lowest BCUT2D eigenvalue weighted by Crippen LogP contribution is -2.02. The Morgan fingerprint density at radius 2 is 1.54 bits per heavy atom. The highest BCUT2D eigenvalue weighted by Gasteiger charge is 1.95. The predicted octanol–water partition coefficient (Wildman–Crippen LogP) is 1.96. The van der Waals surface area contributed by atoms with E-state index in [0.717, 1.165) is 12.2 Å². The van der Waals surface area contributed by atoms with E-state index in [1.807, 2.05) is 0 Å². The van der Waals surface area contributed by atoms with Crippen molar-refractivity contribution in [2.45, 2.75) is 26.7 Å². The monoisotopic (exact) mass is 344 g/mol. The largest absolute Gasteiger partial charge is 0.466 e. The van der Waals surface area contributed by atoms with Crippen LogP contribution in [0.5, 0.6) is 0 Å². The fourth-order valence-corrected chi connectivity index (χ4v) is 0.821. The Balaban J connectivity index is -0.000000283. The lowest BCUT2D eigenvalue weighted by Gasteiger charge is -1.98. The molecule has 0 spiro atoms. The molecule has 7 nitrogen and oxygen atoms in total. The minimum atomic E-state index is -0.405. The summed E-state index contributed by atoms with van der Waals surface area (Å²) in [6.07, 6.45) is 3.64. The molecule has 0 radical (unpaired) electrons. The molecule has 0 aromatic heterocycles. The zero-order valence-corrected chi connectivity index (χ0v) is 14.7. The van der Waals surface area contributed by atoms with Gasteiger partial charge in [0.15, 0.2) is 0 Å². The topological polar surface area (TPSA) is 99.1 Å². The van der Waals surface area contributed by atoms with E-state index in [9.17, 15) is 14.4 Å². The van der Waals surface area contributed by atoms with Gasteiger partial charge in [-0.2, -0.15) is 0 Å². The molecule has 0 atom stereocenters.